The molecule has 3 aromatic rings. The topological polar surface area (TPSA) is 104 Å². The Bertz CT molecular complexity index is 1190. The van der Waals surface area contributed by atoms with Crippen molar-refractivity contribution in [2.24, 2.45) is 4.99 Å². The van der Waals surface area contributed by atoms with Crippen molar-refractivity contribution >= 4 is 17.4 Å². The van der Waals surface area contributed by atoms with E-state index in [0.29, 0.717) is 40.0 Å². The number of esters is 1. The summed E-state index contributed by atoms with van der Waals surface area (Å²) >= 11 is 0. The van der Waals surface area contributed by atoms with Gasteiger partial charge in [0.1, 0.15) is 22.9 Å². The van der Waals surface area contributed by atoms with Crippen LogP contribution in [0, 0.1) is 0 Å². The van der Waals surface area contributed by atoms with Gasteiger partial charge in [-0.1, -0.05) is 0 Å². The van der Waals surface area contributed by atoms with Crippen LogP contribution in [0.5, 0.6) is 17.2 Å². The minimum atomic E-state index is -0.485. The maximum absolute atomic E-state index is 13.3. The van der Waals surface area contributed by atoms with E-state index in [2.05, 4.69) is 10.1 Å². The van der Waals surface area contributed by atoms with Crippen LogP contribution in [0.15, 0.2) is 52.3 Å². The number of rotatable bonds is 8. The van der Waals surface area contributed by atoms with Crippen LogP contribution in [0.25, 0.3) is 5.69 Å². The fraction of sp³-hybridized carbons (Fsp3) is 0.261. The molecule has 0 atom stereocenters. The first-order valence-corrected chi connectivity index (χ1v) is 9.74. The number of nitrogens with one attached hydrogen (secondary N) is 1. The zero-order valence-corrected chi connectivity index (χ0v) is 18.6. The molecule has 3 rings (SSSR count). The molecule has 0 bridgehead atoms. The molecule has 32 heavy (non-hydrogen) atoms. The Kier molecular flexibility index (Phi) is 6.99. The van der Waals surface area contributed by atoms with Gasteiger partial charge in [-0.05, 0) is 43.3 Å². The van der Waals surface area contributed by atoms with Gasteiger partial charge in [-0.2, -0.15) is 0 Å². The number of H-pyrrole nitrogens is 1. The van der Waals surface area contributed by atoms with Crippen molar-refractivity contribution in [1.82, 2.24) is 9.78 Å². The number of aromatic nitrogens is 2. The summed E-state index contributed by atoms with van der Waals surface area (Å²) < 4.78 is 22.0. The lowest BCUT2D eigenvalue weighted by Crippen LogP contribution is -2.20. The largest absolute Gasteiger partial charge is 0.497 e. The van der Waals surface area contributed by atoms with E-state index in [9.17, 15) is 9.59 Å². The van der Waals surface area contributed by atoms with E-state index >= 15 is 0 Å². The van der Waals surface area contributed by atoms with Crippen LogP contribution in [0.3, 0.4) is 0 Å². The van der Waals surface area contributed by atoms with E-state index in [1.165, 1.54) is 18.9 Å². The van der Waals surface area contributed by atoms with Crippen LogP contribution in [0.4, 0.5) is 5.69 Å². The van der Waals surface area contributed by atoms with Gasteiger partial charge in [0.2, 0.25) is 0 Å². The fourth-order valence-electron chi connectivity index (χ4n) is 3.23. The first-order valence-electron chi connectivity index (χ1n) is 9.74. The number of aromatic amines is 1. The van der Waals surface area contributed by atoms with Gasteiger partial charge in [-0.15, -0.1) is 0 Å². The molecular formula is C23H25N3O6. The molecule has 0 fully saturated rings. The van der Waals surface area contributed by atoms with Crippen molar-refractivity contribution in [3.05, 3.63) is 64.1 Å². The Morgan fingerprint density at radius 1 is 0.969 bits per heavy atom. The Labute approximate surface area is 185 Å². The normalized spacial score (nSPS) is 11.2. The lowest BCUT2D eigenvalue weighted by molar-refractivity contribution is -0.139. The molecule has 0 amide bonds. The first kappa shape index (κ1) is 22.7. The molecule has 0 spiro atoms. The monoisotopic (exact) mass is 439 g/mol. The maximum atomic E-state index is 13.3. The average Bonchev–Trinajstić information content (AvgIpc) is 3.14. The molecule has 0 aliphatic rings. The van der Waals surface area contributed by atoms with Gasteiger partial charge in [0.15, 0.2) is 0 Å². The minimum Gasteiger partial charge on any atom is -0.497 e. The zero-order chi connectivity index (χ0) is 23.3. The lowest BCUT2D eigenvalue weighted by atomic mass is 10.1. The fourth-order valence-corrected chi connectivity index (χ4v) is 3.23. The van der Waals surface area contributed by atoms with Gasteiger partial charge >= 0.3 is 5.97 Å². The molecule has 0 saturated heterocycles. The highest BCUT2D eigenvalue weighted by Gasteiger charge is 2.21. The maximum Gasteiger partial charge on any atom is 0.311 e. The van der Waals surface area contributed by atoms with Crippen LogP contribution < -0.4 is 19.8 Å². The van der Waals surface area contributed by atoms with E-state index < -0.39 is 5.97 Å². The Morgan fingerprint density at radius 2 is 1.62 bits per heavy atom. The molecule has 2 aromatic carbocycles. The Balaban J connectivity index is 2.15. The van der Waals surface area contributed by atoms with Crippen LogP contribution >= 0.6 is 0 Å². The second kappa shape index (κ2) is 9.86. The van der Waals surface area contributed by atoms with Crippen molar-refractivity contribution < 1.29 is 23.7 Å². The van der Waals surface area contributed by atoms with Crippen molar-refractivity contribution in [3.8, 4) is 22.9 Å². The molecule has 0 saturated carbocycles. The third-order valence-corrected chi connectivity index (χ3v) is 4.88. The SMILES string of the molecule is COC(=O)Cc1[nH]n(-c2ccc(OC)cc2)c(=O)c1C(C)=Nc1cc(OC)ccc1OC. The van der Waals surface area contributed by atoms with Gasteiger partial charge in [0.25, 0.3) is 5.56 Å². The smallest absolute Gasteiger partial charge is 0.311 e. The molecular weight excluding hydrogens is 414 g/mol. The zero-order valence-electron chi connectivity index (χ0n) is 18.6. The highest BCUT2D eigenvalue weighted by atomic mass is 16.5. The highest BCUT2D eigenvalue weighted by molar-refractivity contribution is 6.02. The lowest BCUT2D eigenvalue weighted by Gasteiger charge is -2.08. The number of nitrogens with zero attached hydrogens (tertiary/aromatic N) is 2. The Morgan fingerprint density at radius 3 is 2.22 bits per heavy atom. The predicted octanol–water partition coefficient (Wildman–Crippen LogP) is 3.05. The summed E-state index contributed by atoms with van der Waals surface area (Å²) in [6, 6.07) is 12.1. The summed E-state index contributed by atoms with van der Waals surface area (Å²) in [6.07, 6.45) is -0.119. The Hall–Kier alpha value is -4.01. The summed E-state index contributed by atoms with van der Waals surface area (Å²) in [4.78, 5) is 29.9. The van der Waals surface area contributed by atoms with E-state index in [0.717, 1.165) is 0 Å². The van der Waals surface area contributed by atoms with Crippen LogP contribution in [-0.4, -0.2) is 49.9 Å². The number of carbonyl (C=O) groups excluding carboxylic acids is 1. The summed E-state index contributed by atoms with van der Waals surface area (Å²) in [5, 5.41) is 3.01. The molecule has 0 aliphatic heterocycles. The van der Waals surface area contributed by atoms with E-state index in [4.69, 9.17) is 18.9 Å². The number of ether oxygens (including phenoxy) is 4. The minimum absolute atomic E-state index is 0.119. The number of carbonyl (C=O) groups is 1. The number of aliphatic imine (C=N–C) groups is 1. The van der Waals surface area contributed by atoms with Gasteiger partial charge < -0.3 is 18.9 Å². The van der Waals surface area contributed by atoms with Crippen molar-refractivity contribution in [3.63, 3.8) is 0 Å². The quantitative estimate of drug-likeness (QED) is 0.427. The number of methoxy groups -OCH3 is 4. The first-order chi connectivity index (χ1) is 15.4. The summed E-state index contributed by atoms with van der Waals surface area (Å²) in [6.45, 7) is 1.70. The van der Waals surface area contributed by atoms with Crippen LogP contribution in [-0.2, 0) is 16.0 Å². The summed E-state index contributed by atoms with van der Waals surface area (Å²) in [7, 11) is 5.94. The standard InChI is InChI=1S/C23H25N3O6/c1-14(24-18-12-17(30-3)10-11-20(18)31-4)22-19(13-21(27)32-5)25-26(23(22)28)15-6-8-16(29-2)9-7-15/h6-12,25H,13H2,1-5H3. The third kappa shape index (κ3) is 4.66. The molecule has 1 N–H and O–H groups in total. The third-order valence-electron chi connectivity index (χ3n) is 4.88. The molecule has 1 heterocycles. The molecule has 0 unspecified atom stereocenters. The summed E-state index contributed by atoms with van der Waals surface area (Å²) in [5.74, 6) is 1.29. The van der Waals surface area contributed by atoms with Crippen molar-refractivity contribution in [2.45, 2.75) is 13.3 Å². The van der Waals surface area contributed by atoms with Gasteiger partial charge in [-0.25, -0.2) is 9.67 Å². The summed E-state index contributed by atoms with van der Waals surface area (Å²) in [5.41, 5.74) is 1.79. The van der Waals surface area contributed by atoms with Crippen LogP contribution in [0.1, 0.15) is 18.2 Å². The molecule has 1 aromatic heterocycles. The molecule has 0 aliphatic carbocycles. The van der Waals surface area contributed by atoms with E-state index in [1.54, 1.807) is 63.6 Å². The van der Waals surface area contributed by atoms with Crippen molar-refractivity contribution in [2.75, 3.05) is 28.4 Å². The van der Waals surface area contributed by atoms with Gasteiger partial charge in [0, 0.05) is 6.07 Å². The van der Waals surface area contributed by atoms with Gasteiger partial charge in [-0.3, -0.25) is 14.7 Å². The van der Waals surface area contributed by atoms with E-state index in [1.807, 2.05) is 0 Å². The number of benzene rings is 2. The predicted molar refractivity (Wildman–Crippen MR) is 120 cm³/mol. The second-order valence-corrected chi connectivity index (χ2v) is 6.79. The molecule has 9 heteroatoms. The van der Waals surface area contributed by atoms with Gasteiger partial charge in [0.05, 0.1) is 57.5 Å². The average molecular weight is 439 g/mol. The molecule has 168 valence electrons. The highest BCUT2D eigenvalue weighted by Crippen LogP contribution is 2.32. The molecule has 9 nitrogen and oxygen atoms in total. The number of hydrogen-bond donors (Lipinski definition) is 1. The van der Waals surface area contributed by atoms with Crippen LogP contribution in [0.2, 0.25) is 0 Å². The van der Waals surface area contributed by atoms with E-state index in [-0.39, 0.29) is 17.5 Å². The molecule has 0 radical (unpaired) electrons. The second-order valence-electron chi connectivity index (χ2n) is 6.79. The number of hydrogen-bond acceptors (Lipinski definition) is 7. The van der Waals surface area contributed by atoms with Crippen molar-refractivity contribution in [1.29, 1.82) is 0 Å².